The number of fused-ring (bicyclic) bond motifs is 2. The van der Waals surface area contributed by atoms with Gasteiger partial charge in [-0.3, -0.25) is 0 Å². The first kappa shape index (κ1) is 26.8. The van der Waals surface area contributed by atoms with Crippen molar-refractivity contribution < 1.29 is 0 Å². The second-order valence-corrected chi connectivity index (χ2v) is 14.9. The van der Waals surface area contributed by atoms with Crippen LogP contribution in [0.2, 0.25) is 0 Å². The summed E-state index contributed by atoms with van der Waals surface area (Å²) in [6.45, 7) is 0. The first-order chi connectivity index (χ1) is 19.5. The van der Waals surface area contributed by atoms with Gasteiger partial charge in [0.25, 0.3) is 0 Å². The molecule has 6 heteroatoms. The van der Waals surface area contributed by atoms with Crippen molar-refractivity contribution in [1.82, 2.24) is 0 Å². The minimum atomic E-state index is 1.07. The van der Waals surface area contributed by atoms with Crippen LogP contribution in [0.5, 0.6) is 0 Å². The van der Waals surface area contributed by atoms with Gasteiger partial charge >= 0.3 is 0 Å². The van der Waals surface area contributed by atoms with Crippen molar-refractivity contribution in [3.8, 4) is 43.1 Å². The summed E-state index contributed by atoms with van der Waals surface area (Å²) in [5.41, 5.74) is 7.24. The van der Waals surface area contributed by atoms with Gasteiger partial charge in [-0.2, -0.15) is 0 Å². The lowest BCUT2D eigenvalue weighted by Crippen LogP contribution is -1.83. The average Bonchev–Trinajstić information content (AvgIpc) is 3.50. The van der Waals surface area contributed by atoms with Crippen molar-refractivity contribution in [2.24, 2.45) is 0 Å². The van der Waals surface area contributed by atoms with Crippen LogP contribution in [0, 0.1) is 0 Å². The van der Waals surface area contributed by atoms with Gasteiger partial charge in [-0.25, -0.2) is 0 Å². The fourth-order valence-corrected chi connectivity index (χ4v) is 10.5. The van der Waals surface area contributed by atoms with E-state index in [0.29, 0.717) is 0 Å². The molecule has 0 saturated carbocycles. The van der Waals surface area contributed by atoms with Gasteiger partial charge in [0.05, 0.1) is 9.75 Å². The lowest BCUT2D eigenvalue weighted by atomic mass is 10.0. The summed E-state index contributed by atoms with van der Waals surface area (Å²) in [6, 6.07) is 39.0. The summed E-state index contributed by atoms with van der Waals surface area (Å²) in [7, 11) is 0. The molecule has 2 aromatic heterocycles. The summed E-state index contributed by atoms with van der Waals surface area (Å²) in [6.07, 6.45) is 0. The maximum Gasteiger partial charge on any atom is 0.0509 e. The smallest absolute Gasteiger partial charge is 0.0509 e. The van der Waals surface area contributed by atoms with Crippen LogP contribution in [0.1, 0.15) is 0 Å². The molecular weight excluding hydrogens is 792 g/mol. The number of benzene rings is 5. The van der Waals surface area contributed by atoms with Gasteiger partial charge in [0.2, 0.25) is 0 Å². The van der Waals surface area contributed by atoms with Gasteiger partial charge in [0, 0.05) is 49.2 Å². The van der Waals surface area contributed by atoms with Crippen LogP contribution in [0.15, 0.2) is 127 Å². The number of hydrogen-bond donors (Lipinski definition) is 0. The van der Waals surface area contributed by atoms with E-state index < -0.39 is 0 Å². The van der Waals surface area contributed by atoms with E-state index in [2.05, 4.69) is 173 Å². The van der Waals surface area contributed by atoms with Crippen molar-refractivity contribution in [2.75, 3.05) is 0 Å². The SMILES string of the molecule is Brc1cc(-c2sc3cc(-c4ccccc4)ccc3c2Br)c(Br)cc1-c1sc2cc(-c3ccccc3)ccc2c1Br. The van der Waals surface area contributed by atoms with E-state index in [1.807, 2.05) is 22.7 Å². The Kier molecular flexibility index (Phi) is 7.36. The molecule has 0 N–H and O–H groups in total. The maximum atomic E-state index is 3.92. The molecule has 0 aliphatic carbocycles. The summed E-state index contributed by atoms with van der Waals surface area (Å²) in [5, 5.41) is 2.46. The number of hydrogen-bond acceptors (Lipinski definition) is 2. The van der Waals surface area contributed by atoms with Crippen molar-refractivity contribution in [3.63, 3.8) is 0 Å². The molecule has 0 unspecified atom stereocenters. The lowest BCUT2D eigenvalue weighted by molar-refractivity contribution is 1.59. The predicted octanol–water partition coefficient (Wildman–Crippen LogP) is 13.8. The topological polar surface area (TPSA) is 0 Å². The van der Waals surface area contributed by atoms with E-state index in [9.17, 15) is 0 Å². The highest BCUT2D eigenvalue weighted by Gasteiger charge is 2.20. The Morgan fingerprint density at radius 3 is 1.20 bits per heavy atom. The van der Waals surface area contributed by atoms with Crippen molar-refractivity contribution in [2.45, 2.75) is 0 Å². The van der Waals surface area contributed by atoms with Crippen LogP contribution in [-0.2, 0) is 0 Å². The van der Waals surface area contributed by atoms with Gasteiger partial charge in [0.1, 0.15) is 0 Å². The molecule has 0 amide bonds. The van der Waals surface area contributed by atoms with Gasteiger partial charge < -0.3 is 0 Å². The highest BCUT2D eigenvalue weighted by molar-refractivity contribution is 9.11. The quantitative estimate of drug-likeness (QED) is 0.166. The summed E-state index contributed by atoms with van der Waals surface area (Å²) < 4.78 is 6.91. The second-order valence-electron chi connectivity index (χ2n) is 9.46. The number of halogens is 4. The molecule has 2 heterocycles. The van der Waals surface area contributed by atoms with E-state index in [-0.39, 0.29) is 0 Å². The molecule has 0 spiro atoms. The summed E-state index contributed by atoms with van der Waals surface area (Å²) in [4.78, 5) is 2.42. The zero-order valence-corrected chi connectivity index (χ0v) is 28.7. The average molecular weight is 810 g/mol. The molecule has 0 nitrogen and oxygen atoms in total. The molecule has 0 bridgehead atoms. The van der Waals surface area contributed by atoms with Crippen LogP contribution in [0.4, 0.5) is 0 Å². The third kappa shape index (κ3) is 4.77. The van der Waals surface area contributed by atoms with E-state index >= 15 is 0 Å². The first-order valence-electron chi connectivity index (χ1n) is 12.5. The Morgan fingerprint density at radius 1 is 0.400 bits per heavy atom. The van der Waals surface area contributed by atoms with Crippen molar-refractivity contribution in [1.29, 1.82) is 0 Å². The fraction of sp³-hybridized carbons (Fsp3) is 0. The van der Waals surface area contributed by atoms with Gasteiger partial charge in [-0.15, -0.1) is 22.7 Å². The second kappa shape index (κ2) is 11.0. The largest absolute Gasteiger partial charge is 0.134 e. The Hall–Kier alpha value is -2.06. The van der Waals surface area contributed by atoms with E-state index in [1.54, 1.807) is 0 Å². The van der Waals surface area contributed by atoms with Crippen molar-refractivity contribution >= 4 is 107 Å². The molecule has 0 aliphatic heterocycles. The first-order valence-corrected chi connectivity index (χ1v) is 17.3. The molecule has 0 radical (unpaired) electrons. The van der Waals surface area contributed by atoms with Gasteiger partial charge in [0.15, 0.2) is 0 Å². The standard InChI is InChI=1S/C34H18Br4S2/c35-27-18-26(34-32(38)24-14-12-22(16-30(24)40-34)20-9-5-2-6-10-20)28(36)17-25(27)33-31(37)23-13-11-21(15-29(23)39-33)19-7-3-1-4-8-19/h1-18H. The minimum absolute atomic E-state index is 1.07. The predicted molar refractivity (Wildman–Crippen MR) is 190 cm³/mol. The molecule has 0 atom stereocenters. The number of thiophene rings is 2. The Labute approximate surface area is 274 Å². The third-order valence-electron chi connectivity index (χ3n) is 7.02. The Bertz CT molecular complexity index is 1890. The lowest BCUT2D eigenvalue weighted by Gasteiger charge is -2.09. The Balaban J connectivity index is 1.30. The molecule has 5 aromatic carbocycles. The molecular formula is C34H18Br4S2. The van der Waals surface area contributed by atoms with Gasteiger partial charge in [-0.1, -0.05) is 117 Å². The fourth-order valence-electron chi connectivity index (χ4n) is 4.99. The van der Waals surface area contributed by atoms with E-state index in [0.717, 1.165) is 29.0 Å². The summed E-state index contributed by atoms with van der Waals surface area (Å²) in [5.74, 6) is 0. The molecule has 194 valence electrons. The minimum Gasteiger partial charge on any atom is -0.134 e. The van der Waals surface area contributed by atoms with Crippen LogP contribution >= 0.6 is 86.4 Å². The van der Waals surface area contributed by atoms with Crippen LogP contribution in [-0.4, -0.2) is 0 Å². The highest BCUT2D eigenvalue weighted by atomic mass is 79.9. The van der Waals surface area contributed by atoms with Crippen molar-refractivity contribution in [3.05, 3.63) is 127 Å². The van der Waals surface area contributed by atoms with Crippen LogP contribution in [0.25, 0.3) is 63.3 Å². The number of rotatable bonds is 4. The van der Waals surface area contributed by atoms with Crippen LogP contribution in [0.3, 0.4) is 0 Å². The van der Waals surface area contributed by atoms with E-state index in [1.165, 1.54) is 52.2 Å². The molecule has 7 aromatic rings. The zero-order chi connectivity index (χ0) is 27.4. The normalized spacial score (nSPS) is 11.5. The summed E-state index contributed by atoms with van der Waals surface area (Å²) >= 11 is 19.3. The van der Waals surface area contributed by atoms with E-state index in [4.69, 9.17) is 0 Å². The van der Waals surface area contributed by atoms with Crippen LogP contribution < -0.4 is 0 Å². The molecule has 0 aliphatic rings. The Morgan fingerprint density at radius 2 is 0.800 bits per heavy atom. The molecule has 40 heavy (non-hydrogen) atoms. The highest BCUT2D eigenvalue weighted by Crippen LogP contribution is 2.50. The maximum absolute atomic E-state index is 3.92. The molecule has 7 rings (SSSR count). The monoisotopic (exact) mass is 806 g/mol. The third-order valence-corrected chi connectivity index (χ3v) is 12.9. The zero-order valence-electron chi connectivity index (χ0n) is 20.7. The molecule has 0 fully saturated rings. The van der Waals surface area contributed by atoms with Gasteiger partial charge in [-0.05, 0) is 78.4 Å². The molecule has 0 saturated heterocycles.